The number of unbranched alkanes of at least 4 members (excludes halogenated alkanes) is 6. The lowest BCUT2D eigenvalue weighted by molar-refractivity contribution is -0.882. The fourth-order valence-corrected chi connectivity index (χ4v) is 3.38. The van der Waals surface area contributed by atoms with Crippen LogP contribution < -0.4 is 10.6 Å². The van der Waals surface area contributed by atoms with Crippen LogP contribution in [-0.4, -0.2) is 88.2 Å². The van der Waals surface area contributed by atoms with Crippen LogP contribution in [0.2, 0.25) is 0 Å². The third-order valence-corrected chi connectivity index (χ3v) is 5.15. The number of hydrogen-bond donors (Lipinski definition) is 2. The standard InChI is InChI=1S/C22H46N4O2/c1-7-9-11-13-17-25(3,4)19-21(27)23-15-16-24-22(28)20-26(5,6)18-14-12-10-8-2/h7-20H2,1-6H3/p+2. The molecule has 0 heterocycles. The van der Waals surface area contributed by atoms with E-state index in [1.54, 1.807) is 0 Å². The topological polar surface area (TPSA) is 58.2 Å². The van der Waals surface area contributed by atoms with E-state index in [1.165, 1.54) is 38.5 Å². The fourth-order valence-electron chi connectivity index (χ4n) is 3.38. The average Bonchev–Trinajstić information content (AvgIpc) is 2.59. The molecular weight excluding hydrogens is 352 g/mol. The minimum atomic E-state index is 0.0572. The van der Waals surface area contributed by atoms with Crippen LogP contribution in [0.25, 0.3) is 0 Å². The molecular formula is C22H48N4O2+2. The van der Waals surface area contributed by atoms with E-state index in [0.717, 1.165) is 25.9 Å². The van der Waals surface area contributed by atoms with Gasteiger partial charge in [-0.25, -0.2) is 0 Å². The van der Waals surface area contributed by atoms with Crippen molar-refractivity contribution in [2.45, 2.75) is 65.2 Å². The van der Waals surface area contributed by atoms with Gasteiger partial charge in [0.2, 0.25) is 0 Å². The first-order chi connectivity index (χ1) is 13.1. The van der Waals surface area contributed by atoms with E-state index in [4.69, 9.17) is 0 Å². The largest absolute Gasteiger partial charge is 0.349 e. The van der Waals surface area contributed by atoms with Crippen LogP contribution in [0.3, 0.4) is 0 Å². The molecule has 0 fully saturated rings. The Morgan fingerprint density at radius 1 is 0.607 bits per heavy atom. The quantitative estimate of drug-likeness (QED) is 0.291. The van der Waals surface area contributed by atoms with E-state index >= 15 is 0 Å². The fraction of sp³-hybridized carbons (Fsp3) is 0.909. The molecule has 0 spiro atoms. The third kappa shape index (κ3) is 15.9. The van der Waals surface area contributed by atoms with Crippen molar-refractivity contribution in [1.82, 2.24) is 10.6 Å². The lowest BCUT2D eigenvalue weighted by atomic mass is 10.2. The lowest BCUT2D eigenvalue weighted by Crippen LogP contribution is -2.50. The van der Waals surface area contributed by atoms with Gasteiger partial charge >= 0.3 is 0 Å². The molecule has 2 amide bonds. The minimum Gasteiger partial charge on any atom is -0.349 e. The molecule has 166 valence electrons. The van der Waals surface area contributed by atoms with Gasteiger partial charge in [-0.05, 0) is 25.7 Å². The second-order valence-corrected chi connectivity index (χ2v) is 9.46. The summed E-state index contributed by atoms with van der Waals surface area (Å²) in [5, 5.41) is 5.86. The molecule has 0 atom stereocenters. The van der Waals surface area contributed by atoms with Crippen LogP contribution in [-0.2, 0) is 9.59 Å². The highest BCUT2D eigenvalue weighted by atomic mass is 16.2. The van der Waals surface area contributed by atoms with Gasteiger partial charge in [0.1, 0.15) is 0 Å². The Morgan fingerprint density at radius 2 is 0.964 bits per heavy atom. The molecule has 0 saturated heterocycles. The highest BCUT2D eigenvalue weighted by Crippen LogP contribution is 2.06. The zero-order valence-electron chi connectivity index (χ0n) is 19.6. The van der Waals surface area contributed by atoms with Gasteiger partial charge in [-0.1, -0.05) is 39.5 Å². The number of nitrogens with zero attached hydrogens (tertiary/aromatic N) is 2. The van der Waals surface area contributed by atoms with Gasteiger partial charge in [0.15, 0.2) is 13.1 Å². The first kappa shape index (κ1) is 26.9. The maximum absolute atomic E-state index is 12.1. The van der Waals surface area contributed by atoms with E-state index in [2.05, 4.69) is 52.7 Å². The van der Waals surface area contributed by atoms with Gasteiger partial charge in [0, 0.05) is 13.1 Å². The van der Waals surface area contributed by atoms with Gasteiger partial charge in [-0.2, -0.15) is 0 Å². The van der Waals surface area contributed by atoms with Gasteiger partial charge in [0.25, 0.3) is 11.8 Å². The molecule has 0 aromatic carbocycles. The van der Waals surface area contributed by atoms with Crippen LogP contribution in [0, 0.1) is 0 Å². The number of amides is 2. The van der Waals surface area contributed by atoms with Crippen molar-refractivity contribution >= 4 is 11.8 Å². The molecule has 0 aromatic rings. The molecule has 0 aromatic heterocycles. The smallest absolute Gasteiger partial charge is 0.275 e. The molecule has 6 heteroatoms. The summed E-state index contributed by atoms with van der Waals surface area (Å²) in [7, 11) is 8.42. The second kappa shape index (κ2) is 14.8. The zero-order chi connectivity index (χ0) is 21.5. The Kier molecular flexibility index (Phi) is 14.2. The highest BCUT2D eigenvalue weighted by Gasteiger charge is 2.20. The molecule has 0 unspecified atom stereocenters. The summed E-state index contributed by atoms with van der Waals surface area (Å²) in [4.78, 5) is 24.3. The molecule has 0 aliphatic heterocycles. The molecule has 0 aliphatic rings. The normalized spacial score (nSPS) is 12.1. The third-order valence-electron chi connectivity index (χ3n) is 5.15. The summed E-state index contributed by atoms with van der Waals surface area (Å²) in [6.45, 7) is 8.42. The van der Waals surface area contributed by atoms with Gasteiger partial charge < -0.3 is 19.6 Å². The molecule has 0 bridgehead atoms. The molecule has 6 nitrogen and oxygen atoms in total. The van der Waals surface area contributed by atoms with Crippen LogP contribution >= 0.6 is 0 Å². The lowest BCUT2D eigenvalue weighted by Gasteiger charge is -2.29. The Balaban J connectivity index is 3.92. The van der Waals surface area contributed by atoms with Gasteiger partial charge in [-0.3, -0.25) is 9.59 Å². The van der Waals surface area contributed by atoms with Crippen LogP contribution in [0.4, 0.5) is 0 Å². The summed E-state index contributed by atoms with van der Waals surface area (Å²) < 4.78 is 1.43. The SMILES string of the molecule is CCCCCC[N+](C)(C)CC(=O)NCCNC(=O)C[N+](C)(C)CCCCCC. The van der Waals surface area contributed by atoms with Crippen LogP contribution in [0.15, 0.2) is 0 Å². The number of nitrogens with one attached hydrogen (secondary N) is 2. The van der Waals surface area contributed by atoms with Crippen molar-refractivity contribution in [3.63, 3.8) is 0 Å². The predicted octanol–water partition coefficient (Wildman–Crippen LogP) is 2.53. The van der Waals surface area contributed by atoms with Crippen molar-refractivity contribution in [1.29, 1.82) is 0 Å². The van der Waals surface area contributed by atoms with Crippen LogP contribution in [0.5, 0.6) is 0 Å². The van der Waals surface area contributed by atoms with Crippen molar-refractivity contribution < 1.29 is 18.6 Å². The molecule has 0 radical (unpaired) electrons. The molecule has 0 aliphatic carbocycles. The van der Waals surface area contributed by atoms with Crippen molar-refractivity contribution in [2.24, 2.45) is 0 Å². The van der Waals surface area contributed by atoms with Crippen LogP contribution in [0.1, 0.15) is 65.2 Å². The highest BCUT2D eigenvalue weighted by molar-refractivity contribution is 5.78. The number of carbonyl (C=O) groups excluding carboxylic acids is 2. The Hall–Kier alpha value is -1.14. The Morgan fingerprint density at radius 3 is 1.29 bits per heavy atom. The summed E-state index contributed by atoms with van der Waals surface area (Å²) in [6, 6.07) is 0. The van der Waals surface area contributed by atoms with E-state index in [-0.39, 0.29) is 11.8 Å². The van der Waals surface area contributed by atoms with Gasteiger partial charge in [0.05, 0.1) is 41.3 Å². The Bertz CT molecular complexity index is 396. The van der Waals surface area contributed by atoms with E-state index in [0.29, 0.717) is 35.1 Å². The van der Waals surface area contributed by atoms with Gasteiger partial charge in [-0.15, -0.1) is 0 Å². The number of carbonyl (C=O) groups is 2. The van der Waals surface area contributed by atoms with E-state index in [9.17, 15) is 9.59 Å². The summed E-state index contributed by atoms with van der Waals surface area (Å²) >= 11 is 0. The number of quaternary nitrogens is 2. The number of likely N-dealkylation sites (N-methyl/N-ethyl adjacent to an activating group) is 2. The van der Waals surface area contributed by atoms with Crippen molar-refractivity contribution in [2.75, 3.05) is 67.5 Å². The van der Waals surface area contributed by atoms with E-state index in [1.807, 2.05) is 0 Å². The predicted molar refractivity (Wildman–Crippen MR) is 118 cm³/mol. The molecule has 2 N–H and O–H groups in total. The number of rotatable bonds is 17. The average molecular weight is 401 g/mol. The summed E-state index contributed by atoms with van der Waals surface area (Å²) in [5.41, 5.74) is 0. The zero-order valence-corrected chi connectivity index (χ0v) is 19.6. The summed E-state index contributed by atoms with van der Waals surface area (Å²) in [5.74, 6) is 0.114. The summed E-state index contributed by atoms with van der Waals surface area (Å²) in [6.07, 6.45) is 9.79. The van der Waals surface area contributed by atoms with Crippen molar-refractivity contribution in [3.8, 4) is 0 Å². The Labute approximate surface area is 174 Å². The molecule has 28 heavy (non-hydrogen) atoms. The van der Waals surface area contributed by atoms with E-state index < -0.39 is 0 Å². The monoisotopic (exact) mass is 400 g/mol. The molecule has 0 rings (SSSR count). The second-order valence-electron chi connectivity index (χ2n) is 9.46. The maximum Gasteiger partial charge on any atom is 0.275 e. The first-order valence-corrected chi connectivity index (χ1v) is 11.3. The number of hydrogen-bond acceptors (Lipinski definition) is 2. The maximum atomic E-state index is 12.1. The minimum absolute atomic E-state index is 0.0572. The molecule has 0 saturated carbocycles. The first-order valence-electron chi connectivity index (χ1n) is 11.3. The van der Waals surface area contributed by atoms with Crippen molar-refractivity contribution in [3.05, 3.63) is 0 Å².